The van der Waals surface area contributed by atoms with Crippen molar-refractivity contribution in [1.82, 2.24) is 9.80 Å². The van der Waals surface area contributed by atoms with E-state index in [0.717, 1.165) is 44.9 Å². The number of nitrogens with zero attached hydrogens (tertiary/aromatic N) is 3. The van der Waals surface area contributed by atoms with Crippen LogP contribution in [0.4, 0.5) is 0 Å². The number of piperazine rings is 1. The molecule has 126 valence electrons. The van der Waals surface area contributed by atoms with E-state index in [0.29, 0.717) is 18.2 Å². The number of aliphatic hydroxyl groups excluding tert-OH is 1. The summed E-state index contributed by atoms with van der Waals surface area (Å²) in [4.78, 5) is 4.82. The zero-order chi connectivity index (χ0) is 16.7. The van der Waals surface area contributed by atoms with Crippen LogP contribution in [0, 0.1) is 11.3 Å². The van der Waals surface area contributed by atoms with Gasteiger partial charge in [-0.3, -0.25) is 9.80 Å². The Labute approximate surface area is 139 Å². The van der Waals surface area contributed by atoms with Crippen molar-refractivity contribution in [2.75, 3.05) is 39.3 Å². The minimum atomic E-state index is -0.268. The number of ether oxygens (including phenoxy) is 1. The smallest absolute Gasteiger partial charge is 0.119 e. The van der Waals surface area contributed by atoms with Crippen molar-refractivity contribution in [3.63, 3.8) is 0 Å². The topological polar surface area (TPSA) is 59.7 Å². The molecule has 1 fully saturated rings. The maximum Gasteiger partial charge on any atom is 0.119 e. The minimum absolute atomic E-state index is 0.268. The summed E-state index contributed by atoms with van der Waals surface area (Å²) in [6.45, 7) is 9.41. The van der Waals surface area contributed by atoms with E-state index >= 15 is 0 Å². The normalized spacial score (nSPS) is 20.9. The van der Waals surface area contributed by atoms with Crippen molar-refractivity contribution in [2.45, 2.75) is 32.4 Å². The summed E-state index contributed by atoms with van der Waals surface area (Å²) in [7, 11) is 0. The van der Waals surface area contributed by atoms with Gasteiger partial charge in [-0.2, -0.15) is 5.26 Å². The Balaban J connectivity index is 1.75. The lowest BCUT2D eigenvalue weighted by atomic mass is 10.1. The van der Waals surface area contributed by atoms with Gasteiger partial charge in [0.2, 0.25) is 0 Å². The van der Waals surface area contributed by atoms with Gasteiger partial charge in [0.05, 0.1) is 17.7 Å². The molecule has 2 rings (SSSR count). The first-order valence-electron chi connectivity index (χ1n) is 8.39. The molecule has 1 N–H and O–H groups in total. The molecule has 0 bridgehead atoms. The largest absolute Gasteiger partial charge is 0.492 e. The molecule has 0 spiro atoms. The van der Waals surface area contributed by atoms with Crippen LogP contribution in [-0.2, 0) is 0 Å². The predicted molar refractivity (Wildman–Crippen MR) is 90.4 cm³/mol. The first-order valence-corrected chi connectivity index (χ1v) is 8.39. The van der Waals surface area contributed by atoms with Crippen LogP contribution in [0.5, 0.6) is 5.75 Å². The zero-order valence-corrected chi connectivity index (χ0v) is 14.1. The number of aliphatic hydroxyl groups is 1. The van der Waals surface area contributed by atoms with E-state index < -0.39 is 0 Å². The molecule has 2 atom stereocenters. The highest BCUT2D eigenvalue weighted by molar-refractivity contribution is 5.34. The summed E-state index contributed by atoms with van der Waals surface area (Å²) in [5, 5.41) is 18.4. The number of hydrogen-bond donors (Lipinski definition) is 1. The van der Waals surface area contributed by atoms with E-state index in [1.807, 2.05) is 19.1 Å². The van der Waals surface area contributed by atoms with Gasteiger partial charge in [-0.15, -0.1) is 0 Å². The van der Waals surface area contributed by atoms with E-state index in [9.17, 15) is 5.11 Å². The standard InChI is InChI=1S/C18H27N3O2/c1-3-17-14-20(8-9-21(17)13-15(2)22)10-11-23-18-6-4-16(12-19)5-7-18/h4-7,15,17,22H,3,8-11,13-14H2,1-2H3/t15-,17-/m0/s1. The Hall–Kier alpha value is -1.61. The first kappa shape index (κ1) is 17.7. The Kier molecular flexibility index (Phi) is 6.85. The quantitative estimate of drug-likeness (QED) is 0.830. The highest BCUT2D eigenvalue weighted by Gasteiger charge is 2.26. The van der Waals surface area contributed by atoms with Crippen molar-refractivity contribution in [1.29, 1.82) is 5.26 Å². The van der Waals surface area contributed by atoms with E-state index in [-0.39, 0.29) is 6.10 Å². The Morgan fingerprint density at radius 1 is 1.35 bits per heavy atom. The van der Waals surface area contributed by atoms with Crippen molar-refractivity contribution >= 4 is 0 Å². The Morgan fingerprint density at radius 2 is 2.09 bits per heavy atom. The summed E-state index contributed by atoms with van der Waals surface area (Å²) in [5.74, 6) is 0.809. The molecule has 0 aliphatic carbocycles. The van der Waals surface area contributed by atoms with Crippen molar-refractivity contribution in [3.05, 3.63) is 29.8 Å². The molecule has 0 radical (unpaired) electrons. The second-order valence-corrected chi connectivity index (χ2v) is 6.19. The van der Waals surface area contributed by atoms with Crippen LogP contribution in [0.15, 0.2) is 24.3 Å². The van der Waals surface area contributed by atoms with Crippen LogP contribution < -0.4 is 4.74 Å². The number of benzene rings is 1. The van der Waals surface area contributed by atoms with Crippen LogP contribution in [0.3, 0.4) is 0 Å². The van der Waals surface area contributed by atoms with Crippen molar-refractivity contribution in [3.8, 4) is 11.8 Å². The van der Waals surface area contributed by atoms with E-state index in [4.69, 9.17) is 10.00 Å². The highest BCUT2D eigenvalue weighted by atomic mass is 16.5. The minimum Gasteiger partial charge on any atom is -0.492 e. The molecule has 5 heteroatoms. The fourth-order valence-electron chi connectivity index (χ4n) is 3.05. The van der Waals surface area contributed by atoms with Crippen molar-refractivity contribution < 1.29 is 9.84 Å². The average Bonchev–Trinajstić information content (AvgIpc) is 2.56. The SMILES string of the molecule is CC[C@H]1CN(CCOc2ccc(C#N)cc2)CCN1C[C@H](C)O. The number of rotatable bonds is 7. The molecule has 0 amide bonds. The summed E-state index contributed by atoms with van der Waals surface area (Å²) >= 11 is 0. The fourth-order valence-corrected chi connectivity index (χ4v) is 3.05. The maximum atomic E-state index is 9.59. The van der Waals surface area contributed by atoms with E-state index in [1.165, 1.54) is 0 Å². The molecule has 0 unspecified atom stereocenters. The summed E-state index contributed by atoms with van der Waals surface area (Å²) in [6.07, 6.45) is 0.829. The number of hydrogen-bond acceptors (Lipinski definition) is 5. The van der Waals surface area contributed by atoms with Crippen molar-refractivity contribution in [2.24, 2.45) is 0 Å². The third kappa shape index (κ3) is 5.51. The molecule has 5 nitrogen and oxygen atoms in total. The van der Waals surface area contributed by atoms with E-state index in [1.54, 1.807) is 12.1 Å². The van der Waals surface area contributed by atoms with Crippen LogP contribution in [0.25, 0.3) is 0 Å². The van der Waals surface area contributed by atoms with Gasteiger partial charge in [-0.05, 0) is 37.6 Å². The molecule has 0 aromatic heterocycles. The van der Waals surface area contributed by atoms with Gasteiger partial charge >= 0.3 is 0 Å². The van der Waals surface area contributed by atoms with Gasteiger partial charge in [0, 0.05) is 38.8 Å². The lowest BCUT2D eigenvalue weighted by Gasteiger charge is -2.41. The molecule has 23 heavy (non-hydrogen) atoms. The van der Waals surface area contributed by atoms with Crippen LogP contribution in [-0.4, -0.2) is 66.4 Å². The molecule has 0 saturated carbocycles. The highest BCUT2D eigenvalue weighted by Crippen LogP contribution is 2.14. The maximum absolute atomic E-state index is 9.59. The third-order valence-electron chi connectivity index (χ3n) is 4.32. The molecular weight excluding hydrogens is 290 g/mol. The molecule has 1 aromatic rings. The van der Waals surface area contributed by atoms with Gasteiger partial charge in [0.1, 0.15) is 12.4 Å². The van der Waals surface area contributed by atoms with Crippen LogP contribution >= 0.6 is 0 Å². The second kappa shape index (κ2) is 8.88. The summed E-state index contributed by atoms with van der Waals surface area (Å²) in [5.41, 5.74) is 0.650. The summed E-state index contributed by atoms with van der Waals surface area (Å²) in [6, 6.07) is 9.84. The fraction of sp³-hybridized carbons (Fsp3) is 0.611. The van der Waals surface area contributed by atoms with Gasteiger partial charge in [0.15, 0.2) is 0 Å². The molecule has 1 saturated heterocycles. The number of nitriles is 1. The second-order valence-electron chi connectivity index (χ2n) is 6.19. The molecular formula is C18H27N3O2. The molecule has 1 aliphatic rings. The molecule has 1 aliphatic heterocycles. The van der Waals surface area contributed by atoms with Crippen LogP contribution in [0.2, 0.25) is 0 Å². The average molecular weight is 317 g/mol. The lowest BCUT2D eigenvalue weighted by molar-refractivity contribution is 0.0322. The van der Waals surface area contributed by atoms with Gasteiger partial charge in [-0.1, -0.05) is 6.92 Å². The third-order valence-corrected chi connectivity index (χ3v) is 4.32. The Bertz CT molecular complexity index is 510. The van der Waals surface area contributed by atoms with Crippen LogP contribution in [0.1, 0.15) is 25.8 Å². The van der Waals surface area contributed by atoms with E-state index in [2.05, 4.69) is 22.8 Å². The zero-order valence-electron chi connectivity index (χ0n) is 14.1. The number of β-amino-alcohol motifs (C(OH)–C–C–N with tert-alkyl or cyclic N) is 1. The Morgan fingerprint density at radius 3 is 2.70 bits per heavy atom. The first-order chi connectivity index (χ1) is 11.1. The predicted octanol–water partition coefficient (Wildman–Crippen LogP) is 1.71. The van der Waals surface area contributed by atoms with Gasteiger partial charge < -0.3 is 9.84 Å². The molecule has 1 aromatic carbocycles. The lowest BCUT2D eigenvalue weighted by Crippen LogP contribution is -2.55. The van der Waals surface area contributed by atoms with Gasteiger partial charge in [-0.25, -0.2) is 0 Å². The molecule has 1 heterocycles. The van der Waals surface area contributed by atoms with Gasteiger partial charge in [0.25, 0.3) is 0 Å². The monoisotopic (exact) mass is 317 g/mol. The summed E-state index contributed by atoms with van der Waals surface area (Å²) < 4.78 is 5.76.